The van der Waals surface area contributed by atoms with Gasteiger partial charge in [0.25, 0.3) is 5.91 Å². The predicted molar refractivity (Wildman–Crippen MR) is 67.8 cm³/mol. The van der Waals surface area contributed by atoms with Crippen molar-refractivity contribution in [1.82, 2.24) is 5.32 Å². The largest absolute Gasteiger partial charge is 0.573 e. The van der Waals surface area contributed by atoms with Gasteiger partial charge in [-0.1, -0.05) is 0 Å². The van der Waals surface area contributed by atoms with Gasteiger partial charge < -0.3 is 25.6 Å². The fourth-order valence-electron chi connectivity index (χ4n) is 1.41. The lowest BCUT2D eigenvalue weighted by Crippen LogP contribution is -2.27. The lowest BCUT2D eigenvalue weighted by Gasteiger charge is -2.12. The second-order valence-electron chi connectivity index (χ2n) is 3.89. The van der Waals surface area contributed by atoms with E-state index >= 15 is 0 Å². The number of nitrogens with one attached hydrogen (secondary N) is 1. The number of carbonyl (C=O) groups excluding carboxylic acids is 1. The van der Waals surface area contributed by atoms with E-state index in [1.165, 1.54) is 6.07 Å². The molecule has 0 fully saturated rings. The molecule has 0 bridgehead atoms. The standard InChI is InChI=1S/C12H15F3N2O4/c13-12(14,15)21-10-2-1-8(7-9(10)16)11(19)17-3-5-20-6-4-18/h1-2,7,18H,3-6,16H2,(H,17,19). The minimum Gasteiger partial charge on any atom is -0.404 e. The molecule has 0 spiro atoms. The SMILES string of the molecule is Nc1cc(C(=O)NCCOCCO)ccc1OC(F)(F)F. The van der Waals surface area contributed by atoms with Crippen LogP contribution in [-0.2, 0) is 4.74 Å². The Morgan fingerprint density at radius 2 is 2.05 bits per heavy atom. The molecular weight excluding hydrogens is 293 g/mol. The quantitative estimate of drug-likeness (QED) is 0.514. The number of benzene rings is 1. The molecule has 0 saturated carbocycles. The van der Waals surface area contributed by atoms with E-state index in [-0.39, 0.29) is 37.6 Å². The molecule has 1 aromatic rings. The van der Waals surface area contributed by atoms with Crippen LogP contribution >= 0.6 is 0 Å². The van der Waals surface area contributed by atoms with Gasteiger partial charge in [0.05, 0.1) is 25.5 Å². The molecule has 0 aromatic heterocycles. The normalized spacial score (nSPS) is 11.2. The number of aliphatic hydroxyl groups excluding tert-OH is 1. The summed E-state index contributed by atoms with van der Waals surface area (Å²) >= 11 is 0. The van der Waals surface area contributed by atoms with Crippen molar-refractivity contribution in [3.63, 3.8) is 0 Å². The number of anilines is 1. The third-order valence-electron chi connectivity index (χ3n) is 2.27. The maximum atomic E-state index is 12.1. The van der Waals surface area contributed by atoms with Gasteiger partial charge in [0.2, 0.25) is 0 Å². The minimum absolute atomic E-state index is 0.101. The van der Waals surface area contributed by atoms with Crippen LogP contribution in [0.4, 0.5) is 18.9 Å². The molecule has 0 heterocycles. The third kappa shape index (κ3) is 6.32. The Hall–Kier alpha value is -2.00. The van der Waals surface area contributed by atoms with E-state index in [0.717, 1.165) is 12.1 Å². The number of hydrogen-bond acceptors (Lipinski definition) is 5. The van der Waals surface area contributed by atoms with Gasteiger partial charge in [0, 0.05) is 12.1 Å². The van der Waals surface area contributed by atoms with E-state index in [2.05, 4.69) is 10.1 Å². The van der Waals surface area contributed by atoms with E-state index in [0.29, 0.717) is 0 Å². The number of rotatable bonds is 7. The highest BCUT2D eigenvalue weighted by Gasteiger charge is 2.32. The summed E-state index contributed by atoms with van der Waals surface area (Å²) in [5.41, 5.74) is 5.21. The first-order valence-corrected chi connectivity index (χ1v) is 5.95. The molecule has 9 heteroatoms. The number of amides is 1. The third-order valence-corrected chi connectivity index (χ3v) is 2.27. The summed E-state index contributed by atoms with van der Waals surface area (Å²) in [5.74, 6) is -1.07. The summed E-state index contributed by atoms with van der Waals surface area (Å²) in [5, 5.41) is 11.0. The average Bonchev–Trinajstić information content (AvgIpc) is 2.39. The van der Waals surface area contributed by atoms with Gasteiger partial charge >= 0.3 is 6.36 Å². The fourth-order valence-corrected chi connectivity index (χ4v) is 1.41. The van der Waals surface area contributed by atoms with Crippen molar-refractivity contribution in [2.75, 3.05) is 32.1 Å². The average molecular weight is 308 g/mol. The maximum absolute atomic E-state index is 12.1. The molecule has 1 aromatic carbocycles. The van der Waals surface area contributed by atoms with Gasteiger partial charge in [-0.15, -0.1) is 13.2 Å². The van der Waals surface area contributed by atoms with Crippen molar-refractivity contribution in [3.05, 3.63) is 23.8 Å². The Morgan fingerprint density at radius 1 is 1.33 bits per heavy atom. The van der Waals surface area contributed by atoms with Crippen molar-refractivity contribution in [2.45, 2.75) is 6.36 Å². The number of nitrogens with two attached hydrogens (primary N) is 1. The van der Waals surface area contributed by atoms with Crippen LogP contribution in [0.25, 0.3) is 0 Å². The molecule has 1 rings (SSSR count). The maximum Gasteiger partial charge on any atom is 0.573 e. The number of alkyl halides is 3. The molecule has 0 aliphatic heterocycles. The topological polar surface area (TPSA) is 93.8 Å². The predicted octanol–water partition coefficient (Wildman–Crippen LogP) is 0.906. The van der Waals surface area contributed by atoms with E-state index in [1.807, 2.05) is 0 Å². The first kappa shape index (κ1) is 17.1. The van der Waals surface area contributed by atoms with Crippen LogP contribution in [-0.4, -0.2) is 43.7 Å². The Balaban J connectivity index is 2.56. The Kier molecular flexibility index (Phi) is 6.25. The van der Waals surface area contributed by atoms with Gasteiger partial charge in [-0.3, -0.25) is 4.79 Å². The number of ether oxygens (including phenoxy) is 2. The van der Waals surface area contributed by atoms with E-state index in [4.69, 9.17) is 15.6 Å². The summed E-state index contributed by atoms with van der Waals surface area (Å²) in [6, 6.07) is 3.23. The summed E-state index contributed by atoms with van der Waals surface area (Å²) in [6.07, 6.45) is -4.85. The summed E-state index contributed by atoms with van der Waals surface area (Å²) in [4.78, 5) is 11.7. The molecule has 6 nitrogen and oxygen atoms in total. The highest BCUT2D eigenvalue weighted by molar-refractivity contribution is 5.95. The number of nitrogen functional groups attached to an aromatic ring is 1. The zero-order valence-electron chi connectivity index (χ0n) is 10.9. The van der Waals surface area contributed by atoms with Crippen LogP contribution in [0.3, 0.4) is 0 Å². The lowest BCUT2D eigenvalue weighted by atomic mass is 10.2. The first-order chi connectivity index (χ1) is 9.83. The van der Waals surface area contributed by atoms with Crippen molar-refractivity contribution in [3.8, 4) is 5.75 Å². The van der Waals surface area contributed by atoms with Gasteiger partial charge in [-0.25, -0.2) is 0 Å². The second kappa shape index (κ2) is 7.70. The van der Waals surface area contributed by atoms with E-state index < -0.39 is 18.0 Å². The van der Waals surface area contributed by atoms with Crippen LogP contribution in [0.15, 0.2) is 18.2 Å². The Morgan fingerprint density at radius 3 is 2.62 bits per heavy atom. The molecule has 0 radical (unpaired) electrons. The number of hydrogen-bond donors (Lipinski definition) is 3. The molecular formula is C12H15F3N2O4. The molecule has 118 valence electrons. The summed E-state index contributed by atoms with van der Waals surface area (Å²) in [6.45, 7) is 0.439. The molecule has 4 N–H and O–H groups in total. The van der Waals surface area contributed by atoms with Gasteiger partial charge in [0.15, 0.2) is 5.75 Å². The molecule has 0 atom stereocenters. The Bertz CT molecular complexity index is 480. The van der Waals surface area contributed by atoms with Crippen LogP contribution in [0.5, 0.6) is 5.75 Å². The summed E-state index contributed by atoms with van der Waals surface area (Å²) in [7, 11) is 0. The fraction of sp³-hybridized carbons (Fsp3) is 0.417. The highest BCUT2D eigenvalue weighted by atomic mass is 19.4. The van der Waals surface area contributed by atoms with Crippen LogP contribution in [0.1, 0.15) is 10.4 Å². The number of carbonyl (C=O) groups is 1. The second-order valence-corrected chi connectivity index (χ2v) is 3.89. The van der Waals surface area contributed by atoms with E-state index in [9.17, 15) is 18.0 Å². The van der Waals surface area contributed by atoms with Crippen molar-refractivity contribution in [1.29, 1.82) is 0 Å². The monoisotopic (exact) mass is 308 g/mol. The number of halogens is 3. The number of aliphatic hydroxyl groups is 1. The zero-order valence-corrected chi connectivity index (χ0v) is 10.9. The molecule has 0 saturated heterocycles. The van der Waals surface area contributed by atoms with Crippen LogP contribution < -0.4 is 15.8 Å². The summed E-state index contributed by atoms with van der Waals surface area (Å²) < 4.78 is 44.8. The highest BCUT2D eigenvalue weighted by Crippen LogP contribution is 2.28. The van der Waals surface area contributed by atoms with E-state index in [1.54, 1.807) is 0 Å². The smallest absolute Gasteiger partial charge is 0.404 e. The minimum atomic E-state index is -4.85. The molecule has 0 aliphatic rings. The molecule has 1 amide bonds. The van der Waals surface area contributed by atoms with Crippen molar-refractivity contribution < 1.29 is 32.5 Å². The van der Waals surface area contributed by atoms with Gasteiger partial charge in [-0.05, 0) is 18.2 Å². The molecule has 21 heavy (non-hydrogen) atoms. The van der Waals surface area contributed by atoms with Crippen molar-refractivity contribution in [2.24, 2.45) is 0 Å². The first-order valence-electron chi connectivity index (χ1n) is 5.95. The molecule has 0 unspecified atom stereocenters. The zero-order chi connectivity index (χ0) is 15.9. The molecule has 0 aliphatic carbocycles. The van der Waals surface area contributed by atoms with Gasteiger partial charge in [0.1, 0.15) is 0 Å². The van der Waals surface area contributed by atoms with Crippen LogP contribution in [0, 0.1) is 0 Å². The van der Waals surface area contributed by atoms with Crippen LogP contribution in [0.2, 0.25) is 0 Å². The lowest BCUT2D eigenvalue weighted by molar-refractivity contribution is -0.274. The Labute approximate surface area is 118 Å². The van der Waals surface area contributed by atoms with Gasteiger partial charge in [-0.2, -0.15) is 0 Å². The van der Waals surface area contributed by atoms with Crippen molar-refractivity contribution >= 4 is 11.6 Å².